The van der Waals surface area contributed by atoms with Crippen LogP contribution in [0.3, 0.4) is 0 Å². The lowest BCUT2D eigenvalue weighted by Crippen LogP contribution is -2.49. The Morgan fingerprint density at radius 2 is 1.70 bits per heavy atom. The summed E-state index contributed by atoms with van der Waals surface area (Å²) in [5.41, 5.74) is 1.77. The van der Waals surface area contributed by atoms with Gasteiger partial charge in [-0.25, -0.2) is 0 Å². The van der Waals surface area contributed by atoms with Crippen LogP contribution in [0, 0.1) is 23.7 Å². The van der Waals surface area contributed by atoms with Crippen molar-refractivity contribution < 1.29 is 14.7 Å². The minimum Gasteiger partial charge on any atom is -0.481 e. The van der Waals surface area contributed by atoms with Gasteiger partial charge in [-0.05, 0) is 53.9 Å². The first-order chi connectivity index (χ1) is 14.6. The summed E-state index contributed by atoms with van der Waals surface area (Å²) < 4.78 is 1.80. The Balaban J connectivity index is 1.32. The molecular weight excluding hydrogens is 378 g/mol. The topological polar surface area (TPSA) is 84.2 Å². The van der Waals surface area contributed by atoms with Crippen LogP contribution in [0.15, 0.2) is 54.9 Å². The largest absolute Gasteiger partial charge is 0.481 e. The van der Waals surface area contributed by atoms with E-state index in [-0.39, 0.29) is 17.7 Å². The molecule has 2 aromatic carbocycles. The maximum atomic E-state index is 13.0. The zero-order valence-electron chi connectivity index (χ0n) is 16.7. The van der Waals surface area contributed by atoms with Gasteiger partial charge < -0.3 is 10.4 Å². The summed E-state index contributed by atoms with van der Waals surface area (Å²) in [6.07, 6.45) is 7.21. The van der Waals surface area contributed by atoms with Crippen molar-refractivity contribution in [1.29, 1.82) is 0 Å². The van der Waals surface area contributed by atoms with Crippen LogP contribution in [0.5, 0.6) is 0 Å². The molecule has 3 aliphatic rings. The zero-order chi connectivity index (χ0) is 20.7. The number of anilines is 1. The number of aromatic nitrogens is 2. The molecule has 154 valence electrons. The number of aliphatic carboxylic acids is 1. The Morgan fingerprint density at radius 1 is 1.00 bits per heavy atom. The molecule has 0 spiro atoms. The van der Waals surface area contributed by atoms with Crippen LogP contribution < -0.4 is 5.32 Å². The zero-order valence-corrected chi connectivity index (χ0v) is 16.7. The molecule has 6 nitrogen and oxygen atoms in total. The average molecular weight is 403 g/mol. The first-order valence-electron chi connectivity index (χ1n) is 10.6. The summed E-state index contributed by atoms with van der Waals surface area (Å²) in [6.45, 7) is 0.600. The molecule has 2 atom stereocenters. The van der Waals surface area contributed by atoms with Crippen molar-refractivity contribution in [2.24, 2.45) is 23.7 Å². The molecule has 2 bridgehead atoms. The molecule has 2 N–H and O–H groups in total. The maximum Gasteiger partial charge on any atom is 0.307 e. The van der Waals surface area contributed by atoms with Crippen LogP contribution in [0.1, 0.15) is 31.2 Å². The molecule has 6 rings (SSSR count). The highest BCUT2D eigenvalue weighted by atomic mass is 16.4. The van der Waals surface area contributed by atoms with Crippen LogP contribution >= 0.6 is 0 Å². The molecule has 3 fully saturated rings. The number of hydrogen-bond acceptors (Lipinski definition) is 3. The van der Waals surface area contributed by atoms with Gasteiger partial charge in [0.25, 0.3) is 0 Å². The van der Waals surface area contributed by atoms with Gasteiger partial charge in [-0.15, -0.1) is 0 Å². The molecule has 0 radical (unpaired) electrons. The van der Waals surface area contributed by atoms with Crippen LogP contribution in [0.4, 0.5) is 5.69 Å². The second-order valence-corrected chi connectivity index (χ2v) is 8.62. The smallest absolute Gasteiger partial charge is 0.307 e. The van der Waals surface area contributed by atoms with Gasteiger partial charge >= 0.3 is 5.97 Å². The molecule has 0 aliphatic heterocycles. The summed E-state index contributed by atoms with van der Waals surface area (Å²) in [7, 11) is 0. The first-order valence-corrected chi connectivity index (χ1v) is 10.6. The minimum absolute atomic E-state index is 0.123. The number of carbonyl (C=O) groups excluding carboxylic acids is 1. The van der Waals surface area contributed by atoms with E-state index in [1.165, 1.54) is 10.8 Å². The highest BCUT2D eigenvalue weighted by Crippen LogP contribution is 2.49. The number of carboxylic acids is 1. The van der Waals surface area contributed by atoms with E-state index in [9.17, 15) is 14.7 Å². The molecule has 30 heavy (non-hydrogen) atoms. The summed E-state index contributed by atoms with van der Waals surface area (Å²) in [5.74, 6) is -1.74. The standard InChI is InChI=1S/C24H25N3O3/c28-23(21-16-8-10-17(11-9-16)22(21)24(29)30)26-19-12-25-27(14-19)13-18-6-3-5-15-4-1-2-7-20(15)18/h1-7,12,14,16-17,21-22H,8-11,13H2,(H,26,28)(H,29,30)/t16?,17?,21-,22-/m1/s1. The fraction of sp³-hybridized carbons (Fsp3) is 0.375. The fourth-order valence-corrected chi connectivity index (χ4v) is 5.53. The number of carbonyl (C=O) groups is 2. The number of hydrogen-bond donors (Lipinski definition) is 2. The van der Waals surface area contributed by atoms with Crippen LogP contribution in [0.25, 0.3) is 10.8 Å². The van der Waals surface area contributed by atoms with Crippen molar-refractivity contribution in [3.63, 3.8) is 0 Å². The average Bonchev–Trinajstić information content (AvgIpc) is 3.20. The number of nitrogens with zero attached hydrogens (tertiary/aromatic N) is 2. The number of fused-ring (bicyclic) bond motifs is 4. The van der Waals surface area contributed by atoms with E-state index in [1.54, 1.807) is 10.9 Å². The Kier molecular flexibility index (Phi) is 4.77. The molecule has 3 saturated carbocycles. The number of carboxylic acid groups (broad SMARTS) is 1. The lowest BCUT2D eigenvalue weighted by Gasteiger charge is -2.45. The highest BCUT2D eigenvalue weighted by Gasteiger charge is 2.50. The molecular formula is C24H25N3O3. The van der Waals surface area contributed by atoms with Crippen molar-refractivity contribution in [2.45, 2.75) is 32.2 Å². The normalized spacial score (nSPS) is 25.3. The highest BCUT2D eigenvalue weighted by molar-refractivity contribution is 5.95. The SMILES string of the molecule is O=C(O)[C@@H]1C2CCC(CC2)[C@H]1C(=O)Nc1cnn(Cc2cccc3ccccc23)c1. The summed E-state index contributed by atoms with van der Waals surface area (Å²) in [5, 5.41) is 19.4. The van der Waals surface area contributed by atoms with Crippen LogP contribution in [0.2, 0.25) is 0 Å². The summed E-state index contributed by atoms with van der Waals surface area (Å²) in [4.78, 5) is 24.8. The third kappa shape index (κ3) is 3.36. The third-order valence-electron chi connectivity index (χ3n) is 6.92. The predicted molar refractivity (Wildman–Crippen MR) is 114 cm³/mol. The van der Waals surface area contributed by atoms with E-state index in [0.29, 0.717) is 12.2 Å². The third-order valence-corrected chi connectivity index (χ3v) is 6.92. The van der Waals surface area contributed by atoms with Crippen LogP contribution in [-0.4, -0.2) is 26.8 Å². The van der Waals surface area contributed by atoms with Crippen molar-refractivity contribution in [2.75, 3.05) is 5.32 Å². The molecule has 3 aliphatic carbocycles. The predicted octanol–water partition coefficient (Wildman–Crippen LogP) is 4.16. The Hall–Kier alpha value is -3.15. The Morgan fingerprint density at radius 3 is 2.47 bits per heavy atom. The van der Waals surface area contributed by atoms with E-state index < -0.39 is 17.8 Å². The van der Waals surface area contributed by atoms with Gasteiger partial charge in [0, 0.05) is 6.20 Å². The minimum atomic E-state index is -0.837. The molecule has 0 saturated heterocycles. The van der Waals surface area contributed by atoms with E-state index >= 15 is 0 Å². The second-order valence-electron chi connectivity index (χ2n) is 8.62. The lowest BCUT2D eigenvalue weighted by atomic mass is 9.58. The Labute approximate surface area is 174 Å². The van der Waals surface area contributed by atoms with E-state index in [1.807, 2.05) is 24.4 Å². The van der Waals surface area contributed by atoms with Gasteiger partial charge in [-0.1, -0.05) is 42.5 Å². The lowest BCUT2D eigenvalue weighted by molar-refractivity contribution is -0.156. The number of amides is 1. The second kappa shape index (κ2) is 7.59. The molecule has 0 unspecified atom stereocenters. The van der Waals surface area contributed by atoms with Gasteiger partial charge in [-0.2, -0.15) is 5.10 Å². The molecule has 1 aromatic heterocycles. The van der Waals surface area contributed by atoms with Crippen molar-refractivity contribution in [1.82, 2.24) is 9.78 Å². The summed E-state index contributed by atoms with van der Waals surface area (Å²) in [6, 6.07) is 14.4. The van der Waals surface area contributed by atoms with Gasteiger partial charge in [0.1, 0.15) is 0 Å². The van der Waals surface area contributed by atoms with Crippen LogP contribution in [-0.2, 0) is 16.1 Å². The molecule has 6 heteroatoms. The fourth-order valence-electron chi connectivity index (χ4n) is 5.53. The Bertz CT molecular complexity index is 1090. The van der Waals surface area contributed by atoms with E-state index in [2.05, 4.69) is 34.7 Å². The quantitative estimate of drug-likeness (QED) is 0.670. The monoisotopic (exact) mass is 403 g/mol. The van der Waals surface area contributed by atoms with E-state index in [0.717, 1.165) is 31.2 Å². The molecule has 1 heterocycles. The van der Waals surface area contributed by atoms with Crippen molar-refractivity contribution in [3.8, 4) is 0 Å². The van der Waals surface area contributed by atoms with Crippen molar-refractivity contribution in [3.05, 3.63) is 60.4 Å². The van der Waals surface area contributed by atoms with Gasteiger partial charge in [0.05, 0.1) is 30.3 Å². The van der Waals surface area contributed by atoms with E-state index in [4.69, 9.17) is 0 Å². The number of rotatable bonds is 5. The molecule has 3 aromatic rings. The first kappa shape index (κ1) is 18.9. The number of nitrogens with one attached hydrogen (secondary N) is 1. The number of benzene rings is 2. The summed E-state index contributed by atoms with van der Waals surface area (Å²) >= 11 is 0. The van der Waals surface area contributed by atoms with Gasteiger partial charge in [0.2, 0.25) is 5.91 Å². The van der Waals surface area contributed by atoms with Gasteiger partial charge in [-0.3, -0.25) is 14.3 Å². The van der Waals surface area contributed by atoms with Gasteiger partial charge in [0.15, 0.2) is 0 Å². The van der Waals surface area contributed by atoms with Crippen molar-refractivity contribution >= 4 is 28.3 Å². The maximum absolute atomic E-state index is 13.0. The molecule has 1 amide bonds.